The van der Waals surface area contributed by atoms with E-state index in [2.05, 4.69) is 29.0 Å². The molecule has 2 rings (SSSR count). The van der Waals surface area contributed by atoms with Gasteiger partial charge in [0.2, 0.25) is 0 Å². The van der Waals surface area contributed by atoms with Crippen molar-refractivity contribution in [1.82, 2.24) is 15.2 Å². The van der Waals surface area contributed by atoms with Crippen molar-refractivity contribution in [3.63, 3.8) is 0 Å². The zero-order valence-corrected chi connectivity index (χ0v) is 10.8. The highest BCUT2D eigenvalue weighted by atomic mass is 35.5. The summed E-state index contributed by atoms with van der Waals surface area (Å²) in [4.78, 5) is 6.30. The number of aromatic nitrogens is 1. The van der Waals surface area contributed by atoms with Crippen molar-refractivity contribution in [2.45, 2.75) is 32.5 Å². The first-order valence-corrected chi connectivity index (χ1v) is 6.21. The Labute approximate surface area is 106 Å². The Kier molecular flexibility index (Phi) is 3.97. The standard InChI is InChI=1S/C12H17ClFN3/c1-8-6-17(9(2)4-15-8)7-12-11(14)3-10(13)5-16-12/h3,5,8-9,15H,4,6-7H2,1-2H3/t8-,9+/m1/s1. The number of hydrogen-bond donors (Lipinski definition) is 1. The van der Waals surface area contributed by atoms with Gasteiger partial charge in [-0.3, -0.25) is 9.88 Å². The fourth-order valence-electron chi connectivity index (χ4n) is 2.07. The molecule has 1 aromatic heterocycles. The van der Waals surface area contributed by atoms with E-state index in [0.717, 1.165) is 13.1 Å². The largest absolute Gasteiger partial charge is 0.311 e. The van der Waals surface area contributed by atoms with E-state index in [0.29, 0.717) is 29.3 Å². The van der Waals surface area contributed by atoms with Crippen LogP contribution in [0.4, 0.5) is 4.39 Å². The first kappa shape index (κ1) is 12.7. The summed E-state index contributed by atoms with van der Waals surface area (Å²) < 4.78 is 13.6. The van der Waals surface area contributed by atoms with Crippen molar-refractivity contribution in [3.8, 4) is 0 Å². The van der Waals surface area contributed by atoms with Crippen LogP contribution in [0.15, 0.2) is 12.3 Å². The lowest BCUT2D eigenvalue weighted by Crippen LogP contribution is -2.53. The number of pyridine rings is 1. The van der Waals surface area contributed by atoms with E-state index >= 15 is 0 Å². The summed E-state index contributed by atoms with van der Waals surface area (Å²) in [5, 5.41) is 3.73. The molecule has 0 spiro atoms. The van der Waals surface area contributed by atoms with Crippen molar-refractivity contribution < 1.29 is 4.39 Å². The lowest BCUT2D eigenvalue weighted by Gasteiger charge is -2.37. The topological polar surface area (TPSA) is 28.2 Å². The van der Waals surface area contributed by atoms with Crippen LogP contribution in [-0.2, 0) is 6.54 Å². The van der Waals surface area contributed by atoms with Gasteiger partial charge < -0.3 is 5.32 Å². The van der Waals surface area contributed by atoms with Crippen LogP contribution in [0.3, 0.4) is 0 Å². The first-order valence-electron chi connectivity index (χ1n) is 5.83. The third-order valence-electron chi connectivity index (χ3n) is 3.13. The fourth-order valence-corrected chi connectivity index (χ4v) is 2.21. The zero-order chi connectivity index (χ0) is 12.4. The summed E-state index contributed by atoms with van der Waals surface area (Å²) in [6, 6.07) is 2.14. The lowest BCUT2D eigenvalue weighted by molar-refractivity contribution is 0.135. The van der Waals surface area contributed by atoms with Gasteiger partial charge in [0, 0.05) is 37.9 Å². The van der Waals surface area contributed by atoms with Gasteiger partial charge >= 0.3 is 0 Å². The van der Waals surface area contributed by atoms with Gasteiger partial charge in [-0.05, 0) is 19.9 Å². The normalized spacial score (nSPS) is 26.1. The molecule has 1 aromatic rings. The van der Waals surface area contributed by atoms with Crippen molar-refractivity contribution in [1.29, 1.82) is 0 Å². The molecule has 1 aliphatic heterocycles. The Morgan fingerprint density at radius 3 is 3.06 bits per heavy atom. The molecule has 3 nitrogen and oxygen atoms in total. The van der Waals surface area contributed by atoms with Crippen LogP contribution in [0.2, 0.25) is 5.02 Å². The van der Waals surface area contributed by atoms with E-state index in [9.17, 15) is 4.39 Å². The molecule has 0 saturated carbocycles. The van der Waals surface area contributed by atoms with Gasteiger partial charge in [-0.2, -0.15) is 0 Å². The Balaban J connectivity index is 2.08. The zero-order valence-electron chi connectivity index (χ0n) is 10.1. The quantitative estimate of drug-likeness (QED) is 0.879. The highest BCUT2D eigenvalue weighted by Crippen LogP contribution is 2.16. The lowest BCUT2D eigenvalue weighted by atomic mass is 10.1. The summed E-state index contributed by atoms with van der Waals surface area (Å²) >= 11 is 5.69. The second-order valence-electron chi connectivity index (χ2n) is 4.67. The van der Waals surface area contributed by atoms with Crippen LogP contribution in [0.1, 0.15) is 19.5 Å². The number of halogens is 2. The molecule has 0 unspecified atom stereocenters. The molecular formula is C12H17ClFN3. The molecule has 1 aliphatic rings. The molecule has 0 radical (unpaired) electrons. The fraction of sp³-hybridized carbons (Fsp3) is 0.583. The summed E-state index contributed by atoms with van der Waals surface area (Å²) in [6.45, 7) is 6.63. The van der Waals surface area contributed by atoms with Gasteiger partial charge in [-0.25, -0.2) is 4.39 Å². The minimum absolute atomic E-state index is 0.323. The smallest absolute Gasteiger partial charge is 0.147 e. The molecule has 5 heteroatoms. The Morgan fingerprint density at radius 1 is 1.59 bits per heavy atom. The summed E-state index contributed by atoms with van der Waals surface area (Å²) in [6.07, 6.45) is 1.50. The van der Waals surface area contributed by atoms with Crippen LogP contribution < -0.4 is 5.32 Å². The molecule has 1 N–H and O–H groups in total. The second-order valence-corrected chi connectivity index (χ2v) is 5.11. The molecule has 0 bridgehead atoms. The van der Waals surface area contributed by atoms with Gasteiger partial charge in [0.1, 0.15) is 5.82 Å². The van der Waals surface area contributed by atoms with Gasteiger partial charge in [-0.15, -0.1) is 0 Å². The van der Waals surface area contributed by atoms with Crippen molar-refractivity contribution in [2.24, 2.45) is 0 Å². The number of nitrogens with zero attached hydrogens (tertiary/aromatic N) is 2. The van der Waals surface area contributed by atoms with Crippen molar-refractivity contribution in [2.75, 3.05) is 13.1 Å². The maximum Gasteiger partial charge on any atom is 0.147 e. The predicted octanol–water partition coefficient (Wildman–Crippen LogP) is 2.06. The van der Waals surface area contributed by atoms with Crippen LogP contribution in [0, 0.1) is 5.82 Å². The average molecular weight is 258 g/mol. The molecule has 0 aromatic carbocycles. The minimum Gasteiger partial charge on any atom is -0.311 e. The number of hydrogen-bond acceptors (Lipinski definition) is 3. The van der Waals surface area contributed by atoms with E-state index in [1.54, 1.807) is 0 Å². The van der Waals surface area contributed by atoms with Gasteiger partial charge in [0.25, 0.3) is 0 Å². The molecule has 1 fully saturated rings. The Bertz CT molecular complexity index is 399. The molecule has 1 saturated heterocycles. The number of nitrogens with one attached hydrogen (secondary N) is 1. The van der Waals surface area contributed by atoms with E-state index < -0.39 is 0 Å². The van der Waals surface area contributed by atoms with E-state index in [-0.39, 0.29) is 5.82 Å². The highest BCUT2D eigenvalue weighted by molar-refractivity contribution is 6.30. The monoisotopic (exact) mass is 257 g/mol. The van der Waals surface area contributed by atoms with E-state index in [4.69, 9.17) is 11.6 Å². The third kappa shape index (κ3) is 3.15. The molecule has 2 atom stereocenters. The predicted molar refractivity (Wildman–Crippen MR) is 66.5 cm³/mol. The summed E-state index contributed by atoms with van der Waals surface area (Å²) in [5.41, 5.74) is 0.468. The number of rotatable bonds is 2. The third-order valence-corrected chi connectivity index (χ3v) is 3.34. The second kappa shape index (κ2) is 5.29. The van der Waals surface area contributed by atoms with Crippen LogP contribution in [-0.4, -0.2) is 35.1 Å². The molecule has 0 amide bonds. The first-order chi connectivity index (χ1) is 8.06. The minimum atomic E-state index is -0.323. The van der Waals surface area contributed by atoms with Gasteiger partial charge in [-0.1, -0.05) is 11.6 Å². The number of piperazine rings is 1. The Morgan fingerprint density at radius 2 is 2.35 bits per heavy atom. The van der Waals surface area contributed by atoms with Gasteiger partial charge in [0.05, 0.1) is 10.7 Å². The summed E-state index contributed by atoms with van der Waals surface area (Å²) in [5.74, 6) is -0.323. The van der Waals surface area contributed by atoms with Crippen LogP contribution in [0.25, 0.3) is 0 Å². The molecule has 2 heterocycles. The summed E-state index contributed by atoms with van der Waals surface area (Å²) in [7, 11) is 0. The van der Waals surface area contributed by atoms with Crippen LogP contribution >= 0.6 is 11.6 Å². The molecular weight excluding hydrogens is 241 g/mol. The molecule has 0 aliphatic carbocycles. The average Bonchev–Trinajstić information content (AvgIpc) is 2.27. The molecule has 17 heavy (non-hydrogen) atoms. The van der Waals surface area contributed by atoms with E-state index in [1.807, 2.05) is 0 Å². The van der Waals surface area contributed by atoms with E-state index in [1.165, 1.54) is 12.3 Å². The van der Waals surface area contributed by atoms with Crippen molar-refractivity contribution in [3.05, 3.63) is 28.8 Å². The maximum absolute atomic E-state index is 13.6. The van der Waals surface area contributed by atoms with Crippen molar-refractivity contribution >= 4 is 11.6 Å². The Hall–Kier alpha value is -0.710. The van der Waals surface area contributed by atoms with Gasteiger partial charge in [0.15, 0.2) is 0 Å². The maximum atomic E-state index is 13.6. The SMILES string of the molecule is C[C@@H]1CN(Cc2ncc(Cl)cc2F)[C@@H](C)CN1. The highest BCUT2D eigenvalue weighted by Gasteiger charge is 2.23. The van der Waals surface area contributed by atoms with Crippen LogP contribution in [0.5, 0.6) is 0 Å². The molecule has 94 valence electrons.